The van der Waals surface area contributed by atoms with Crippen molar-refractivity contribution in [3.05, 3.63) is 40.2 Å². The molecule has 1 amide bonds. The molecule has 0 aliphatic carbocycles. The van der Waals surface area contributed by atoms with Gasteiger partial charge in [0, 0.05) is 10.6 Å². The minimum absolute atomic E-state index is 0.153. The Balaban J connectivity index is 2.06. The summed E-state index contributed by atoms with van der Waals surface area (Å²) in [6.07, 6.45) is 1.87. The monoisotopic (exact) mass is 355 g/mol. The van der Waals surface area contributed by atoms with Crippen LogP contribution in [0.1, 0.15) is 21.7 Å². The fourth-order valence-corrected chi connectivity index (χ4v) is 2.49. The van der Waals surface area contributed by atoms with Crippen molar-refractivity contribution in [2.45, 2.75) is 19.0 Å². The molecule has 0 bridgehead atoms. The molecular formula is C13H14ClN5OS2. The number of aromatic nitrogens is 3. The standard InChI is InChI=1S/C13H14ClN5OS2/c1-7-4-5-9(6-10(7)14)11(20)15-12(21)18-19-8(2)16-17-13(19)22-3/h4-6H,1-3H3,(H2,15,18,20,21). The molecule has 1 heterocycles. The van der Waals surface area contributed by atoms with E-state index >= 15 is 0 Å². The highest BCUT2D eigenvalue weighted by atomic mass is 35.5. The fraction of sp³-hybridized carbons (Fsp3) is 0.231. The van der Waals surface area contributed by atoms with Gasteiger partial charge in [0.1, 0.15) is 5.82 Å². The van der Waals surface area contributed by atoms with Crippen molar-refractivity contribution < 1.29 is 4.79 Å². The van der Waals surface area contributed by atoms with E-state index in [1.807, 2.05) is 13.2 Å². The van der Waals surface area contributed by atoms with Crippen LogP contribution in [0, 0.1) is 13.8 Å². The zero-order valence-electron chi connectivity index (χ0n) is 12.2. The molecule has 2 aromatic rings. The molecule has 2 N–H and O–H groups in total. The molecule has 0 aliphatic heterocycles. The first-order valence-electron chi connectivity index (χ1n) is 6.27. The van der Waals surface area contributed by atoms with E-state index in [1.165, 1.54) is 11.8 Å². The van der Waals surface area contributed by atoms with E-state index in [0.717, 1.165) is 5.56 Å². The van der Waals surface area contributed by atoms with Crippen LogP contribution in [0.2, 0.25) is 5.02 Å². The Labute approximate surface area is 142 Å². The molecule has 0 saturated heterocycles. The number of thiocarbonyl (C=S) groups is 1. The molecule has 6 nitrogen and oxygen atoms in total. The summed E-state index contributed by atoms with van der Waals surface area (Å²) in [5, 5.41) is 11.8. The lowest BCUT2D eigenvalue weighted by Gasteiger charge is -2.12. The van der Waals surface area contributed by atoms with E-state index in [9.17, 15) is 4.79 Å². The number of halogens is 1. The van der Waals surface area contributed by atoms with Gasteiger partial charge in [-0.1, -0.05) is 29.4 Å². The summed E-state index contributed by atoms with van der Waals surface area (Å²) in [7, 11) is 0. The van der Waals surface area contributed by atoms with Crippen LogP contribution in [0.15, 0.2) is 23.4 Å². The highest BCUT2D eigenvalue weighted by Gasteiger charge is 2.12. The Morgan fingerprint density at radius 3 is 2.73 bits per heavy atom. The first-order valence-corrected chi connectivity index (χ1v) is 8.28. The molecule has 0 aliphatic rings. The van der Waals surface area contributed by atoms with Crippen LogP contribution in [0.4, 0.5) is 0 Å². The maximum absolute atomic E-state index is 12.1. The highest BCUT2D eigenvalue weighted by molar-refractivity contribution is 7.98. The first kappa shape index (κ1) is 16.7. The predicted octanol–water partition coefficient (Wildman–Crippen LogP) is 2.53. The molecule has 0 atom stereocenters. The molecule has 0 fully saturated rings. The number of rotatable bonds is 3. The number of thioether (sulfide) groups is 1. The van der Waals surface area contributed by atoms with Crippen molar-refractivity contribution in [1.29, 1.82) is 0 Å². The average molecular weight is 356 g/mol. The van der Waals surface area contributed by atoms with Gasteiger partial charge in [-0.05, 0) is 50.0 Å². The Bertz CT molecular complexity index is 731. The van der Waals surface area contributed by atoms with Gasteiger partial charge in [-0.2, -0.15) is 0 Å². The average Bonchev–Trinajstić information content (AvgIpc) is 2.82. The maximum Gasteiger partial charge on any atom is 0.257 e. The van der Waals surface area contributed by atoms with Crippen LogP contribution >= 0.6 is 35.6 Å². The van der Waals surface area contributed by atoms with E-state index in [2.05, 4.69) is 20.9 Å². The predicted molar refractivity (Wildman–Crippen MR) is 92.2 cm³/mol. The summed E-state index contributed by atoms with van der Waals surface area (Å²) < 4.78 is 1.61. The molecule has 1 aromatic heterocycles. The third-order valence-corrected chi connectivity index (χ3v) is 4.08. The summed E-state index contributed by atoms with van der Waals surface area (Å²) >= 11 is 12.6. The number of aryl methyl sites for hydroxylation is 2. The highest BCUT2D eigenvalue weighted by Crippen LogP contribution is 2.16. The molecule has 0 spiro atoms. The SMILES string of the molecule is CSc1nnc(C)n1NC(=S)NC(=O)c1ccc(C)c(Cl)c1. The van der Waals surface area contributed by atoms with Crippen LogP contribution in [0.25, 0.3) is 0 Å². The fourth-order valence-electron chi connectivity index (χ4n) is 1.64. The number of carbonyl (C=O) groups is 1. The van der Waals surface area contributed by atoms with E-state index in [-0.39, 0.29) is 11.0 Å². The molecule has 0 saturated carbocycles. The van der Waals surface area contributed by atoms with E-state index in [0.29, 0.717) is 21.6 Å². The Morgan fingerprint density at radius 1 is 1.36 bits per heavy atom. The number of nitrogens with zero attached hydrogens (tertiary/aromatic N) is 3. The van der Waals surface area contributed by atoms with E-state index < -0.39 is 0 Å². The molecule has 1 aromatic carbocycles. The smallest absolute Gasteiger partial charge is 0.257 e. The van der Waals surface area contributed by atoms with Gasteiger partial charge in [0.05, 0.1) is 0 Å². The summed E-state index contributed by atoms with van der Waals surface area (Å²) in [5.41, 5.74) is 4.22. The summed E-state index contributed by atoms with van der Waals surface area (Å²) in [6.45, 7) is 3.65. The van der Waals surface area contributed by atoms with Gasteiger partial charge >= 0.3 is 0 Å². The minimum atomic E-state index is -0.337. The zero-order valence-corrected chi connectivity index (χ0v) is 14.6. The Morgan fingerprint density at radius 2 is 2.09 bits per heavy atom. The molecule has 116 valence electrons. The van der Waals surface area contributed by atoms with Gasteiger partial charge < -0.3 is 0 Å². The number of amides is 1. The molecule has 22 heavy (non-hydrogen) atoms. The van der Waals surface area contributed by atoms with Crippen molar-refractivity contribution in [3.63, 3.8) is 0 Å². The summed E-state index contributed by atoms with van der Waals surface area (Å²) in [6, 6.07) is 5.08. The van der Waals surface area contributed by atoms with Crippen LogP contribution in [-0.4, -0.2) is 32.1 Å². The third kappa shape index (κ3) is 3.76. The molecule has 0 radical (unpaired) electrons. The minimum Gasteiger partial charge on any atom is -0.298 e. The number of carbonyl (C=O) groups excluding carboxylic acids is 1. The molecule has 2 rings (SSSR count). The van der Waals surface area contributed by atoms with Crippen molar-refractivity contribution in [2.24, 2.45) is 0 Å². The van der Waals surface area contributed by atoms with Crippen molar-refractivity contribution in [3.8, 4) is 0 Å². The number of hydrogen-bond donors (Lipinski definition) is 2. The topological polar surface area (TPSA) is 71.8 Å². The second-order valence-electron chi connectivity index (χ2n) is 4.43. The third-order valence-electron chi connectivity index (χ3n) is 2.85. The van der Waals surface area contributed by atoms with Crippen LogP contribution in [0.5, 0.6) is 0 Å². The Hall–Kier alpha value is -1.64. The normalized spacial score (nSPS) is 10.4. The zero-order chi connectivity index (χ0) is 16.3. The molecule has 0 unspecified atom stereocenters. The van der Waals surface area contributed by atoms with E-state index in [4.69, 9.17) is 23.8 Å². The Kier molecular flexibility index (Phi) is 5.38. The lowest BCUT2D eigenvalue weighted by molar-refractivity contribution is 0.0977. The molecular weight excluding hydrogens is 342 g/mol. The largest absolute Gasteiger partial charge is 0.298 e. The number of nitrogens with one attached hydrogen (secondary N) is 2. The van der Waals surface area contributed by atoms with Gasteiger partial charge in [0.2, 0.25) is 5.16 Å². The lowest BCUT2D eigenvalue weighted by Crippen LogP contribution is -2.38. The number of benzene rings is 1. The van der Waals surface area contributed by atoms with Crippen molar-refractivity contribution >= 4 is 46.6 Å². The van der Waals surface area contributed by atoms with Gasteiger partial charge in [-0.3, -0.25) is 15.5 Å². The second kappa shape index (κ2) is 7.08. The van der Waals surface area contributed by atoms with Gasteiger partial charge in [-0.15, -0.1) is 10.2 Å². The lowest BCUT2D eigenvalue weighted by atomic mass is 10.1. The summed E-state index contributed by atoms with van der Waals surface area (Å²) in [5.74, 6) is 0.301. The van der Waals surface area contributed by atoms with Crippen LogP contribution in [0.3, 0.4) is 0 Å². The van der Waals surface area contributed by atoms with Crippen LogP contribution < -0.4 is 10.7 Å². The summed E-state index contributed by atoms with van der Waals surface area (Å²) in [4.78, 5) is 12.1. The van der Waals surface area contributed by atoms with Gasteiger partial charge in [-0.25, -0.2) is 4.68 Å². The van der Waals surface area contributed by atoms with E-state index in [1.54, 1.807) is 29.8 Å². The maximum atomic E-state index is 12.1. The second-order valence-corrected chi connectivity index (χ2v) is 6.02. The first-order chi connectivity index (χ1) is 10.4. The number of hydrogen-bond acceptors (Lipinski definition) is 5. The quantitative estimate of drug-likeness (QED) is 0.651. The van der Waals surface area contributed by atoms with Crippen molar-refractivity contribution in [2.75, 3.05) is 11.7 Å². The van der Waals surface area contributed by atoms with Crippen molar-refractivity contribution in [1.82, 2.24) is 20.2 Å². The molecule has 9 heteroatoms. The van der Waals surface area contributed by atoms with Gasteiger partial charge in [0.25, 0.3) is 5.91 Å². The van der Waals surface area contributed by atoms with Gasteiger partial charge in [0.15, 0.2) is 5.11 Å². The van der Waals surface area contributed by atoms with Crippen LogP contribution in [-0.2, 0) is 0 Å².